The summed E-state index contributed by atoms with van der Waals surface area (Å²) in [6, 6.07) is 15.7. The number of anilines is 1. The summed E-state index contributed by atoms with van der Waals surface area (Å²) < 4.78 is 11.6. The van der Waals surface area contributed by atoms with Crippen LogP contribution in [0.2, 0.25) is 0 Å². The molecule has 0 saturated carbocycles. The zero-order valence-electron chi connectivity index (χ0n) is 15.2. The second-order valence-electron chi connectivity index (χ2n) is 5.79. The van der Waals surface area contributed by atoms with Gasteiger partial charge in [0, 0.05) is 6.42 Å². The van der Waals surface area contributed by atoms with Gasteiger partial charge in [-0.05, 0) is 45.3 Å². The number of hydrazone groups is 1. The number of nitrogens with zero attached hydrogens (tertiary/aromatic N) is 2. The average molecular weight is 443 g/mol. The van der Waals surface area contributed by atoms with Crippen molar-refractivity contribution in [1.82, 2.24) is 10.2 Å². The van der Waals surface area contributed by atoms with Gasteiger partial charge in [0.1, 0.15) is 4.47 Å². The van der Waals surface area contributed by atoms with Gasteiger partial charge in [-0.25, -0.2) is 5.10 Å². The maximum Gasteiger partial charge on any atom is 0.280 e. The highest BCUT2D eigenvalue weighted by Gasteiger charge is 2.06. The second-order valence-corrected chi connectivity index (χ2v) is 6.58. The van der Waals surface area contributed by atoms with Crippen LogP contribution in [-0.4, -0.2) is 30.1 Å². The molecule has 2 aromatic carbocycles. The molecule has 0 spiro atoms. The smallest absolute Gasteiger partial charge is 0.280 e. The van der Waals surface area contributed by atoms with Crippen LogP contribution >= 0.6 is 15.9 Å². The van der Waals surface area contributed by atoms with E-state index in [-0.39, 0.29) is 5.56 Å². The van der Waals surface area contributed by atoms with Crippen LogP contribution < -0.4 is 20.5 Å². The number of aromatic nitrogens is 2. The Kier molecular flexibility index (Phi) is 6.80. The van der Waals surface area contributed by atoms with Crippen LogP contribution in [-0.2, 0) is 6.42 Å². The number of H-pyrrole nitrogens is 1. The standard InChI is InChI=1S/C20H19BrN4O3/c1-27-18-11-15(12-22-24-16-13-23-25-20(26)19(16)21)7-8-17(18)28-10-9-14-5-3-2-4-6-14/h2-8,11-13H,9-10H2,1H3,(H2,24,25,26). The zero-order chi connectivity index (χ0) is 19.8. The van der Waals surface area contributed by atoms with Gasteiger partial charge in [-0.3, -0.25) is 10.2 Å². The van der Waals surface area contributed by atoms with Gasteiger partial charge < -0.3 is 9.47 Å². The minimum atomic E-state index is -0.334. The number of ether oxygens (including phenoxy) is 2. The molecular formula is C20H19BrN4O3. The molecule has 3 rings (SSSR count). The summed E-state index contributed by atoms with van der Waals surface area (Å²) in [6.45, 7) is 0.555. The van der Waals surface area contributed by atoms with E-state index in [0.717, 1.165) is 12.0 Å². The average Bonchev–Trinajstić information content (AvgIpc) is 2.72. The topological polar surface area (TPSA) is 88.6 Å². The molecule has 28 heavy (non-hydrogen) atoms. The second kappa shape index (κ2) is 9.70. The highest BCUT2D eigenvalue weighted by atomic mass is 79.9. The lowest BCUT2D eigenvalue weighted by Gasteiger charge is -2.11. The molecule has 1 aromatic heterocycles. The monoisotopic (exact) mass is 442 g/mol. The van der Waals surface area contributed by atoms with Gasteiger partial charge in [-0.2, -0.15) is 10.2 Å². The first-order chi connectivity index (χ1) is 13.7. The van der Waals surface area contributed by atoms with Gasteiger partial charge >= 0.3 is 0 Å². The molecule has 7 nitrogen and oxygen atoms in total. The first kappa shape index (κ1) is 19.6. The number of benzene rings is 2. The van der Waals surface area contributed by atoms with E-state index >= 15 is 0 Å². The summed E-state index contributed by atoms with van der Waals surface area (Å²) in [5.41, 5.74) is 4.94. The van der Waals surface area contributed by atoms with E-state index in [1.54, 1.807) is 13.3 Å². The van der Waals surface area contributed by atoms with Gasteiger partial charge in [0.25, 0.3) is 5.56 Å². The maximum atomic E-state index is 11.5. The molecule has 144 valence electrons. The van der Waals surface area contributed by atoms with Crippen molar-refractivity contribution in [3.05, 3.63) is 80.7 Å². The molecule has 8 heteroatoms. The fourth-order valence-corrected chi connectivity index (χ4v) is 2.72. The molecule has 2 N–H and O–H groups in total. The van der Waals surface area contributed by atoms with Crippen molar-refractivity contribution in [3.63, 3.8) is 0 Å². The van der Waals surface area contributed by atoms with Crippen LogP contribution in [0.1, 0.15) is 11.1 Å². The highest BCUT2D eigenvalue weighted by Crippen LogP contribution is 2.27. The number of rotatable bonds is 8. The molecule has 0 amide bonds. The number of hydrogen-bond donors (Lipinski definition) is 2. The quantitative estimate of drug-likeness (QED) is 0.410. The predicted octanol–water partition coefficient (Wildman–Crippen LogP) is 3.61. The Morgan fingerprint density at radius 2 is 2.04 bits per heavy atom. The Bertz CT molecular complexity index is 1010. The number of nitrogens with one attached hydrogen (secondary N) is 2. The van der Waals surface area contributed by atoms with Crippen LogP contribution in [0.5, 0.6) is 11.5 Å². The SMILES string of the molecule is COc1cc(C=NNc2cn[nH]c(=O)c2Br)ccc1OCCc1ccccc1. The molecule has 0 bridgehead atoms. The van der Waals surface area contributed by atoms with E-state index in [1.807, 2.05) is 36.4 Å². The van der Waals surface area contributed by atoms with Crippen molar-refractivity contribution in [2.75, 3.05) is 19.1 Å². The Morgan fingerprint density at radius 3 is 2.82 bits per heavy atom. The van der Waals surface area contributed by atoms with Gasteiger partial charge in [-0.15, -0.1) is 0 Å². The summed E-state index contributed by atoms with van der Waals surface area (Å²) in [6.07, 6.45) is 3.90. The van der Waals surface area contributed by atoms with E-state index in [0.29, 0.717) is 28.3 Å². The third kappa shape index (κ3) is 5.20. The lowest BCUT2D eigenvalue weighted by molar-refractivity contribution is 0.297. The molecule has 0 unspecified atom stereocenters. The fraction of sp³-hybridized carbons (Fsp3) is 0.150. The van der Waals surface area contributed by atoms with E-state index in [2.05, 4.69) is 48.8 Å². The van der Waals surface area contributed by atoms with Gasteiger partial charge in [-0.1, -0.05) is 30.3 Å². The molecule has 0 saturated heterocycles. The molecule has 0 aliphatic carbocycles. The van der Waals surface area contributed by atoms with Crippen LogP contribution in [0.15, 0.2) is 69.1 Å². The third-order valence-electron chi connectivity index (χ3n) is 3.87. The predicted molar refractivity (Wildman–Crippen MR) is 112 cm³/mol. The molecule has 0 fully saturated rings. The van der Waals surface area contributed by atoms with Crippen molar-refractivity contribution in [1.29, 1.82) is 0 Å². The van der Waals surface area contributed by atoms with E-state index in [4.69, 9.17) is 9.47 Å². The third-order valence-corrected chi connectivity index (χ3v) is 4.66. The Morgan fingerprint density at radius 1 is 1.21 bits per heavy atom. The van der Waals surface area contributed by atoms with Crippen LogP contribution in [0, 0.1) is 0 Å². The number of halogens is 1. The fourth-order valence-electron chi connectivity index (χ4n) is 2.45. The van der Waals surface area contributed by atoms with Crippen LogP contribution in [0.25, 0.3) is 0 Å². The summed E-state index contributed by atoms with van der Waals surface area (Å²) in [7, 11) is 1.59. The lowest BCUT2D eigenvalue weighted by atomic mass is 10.2. The maximum absolute atomic E-state index is 11.5. The van der Waals surface area contributed by atoms with E-state index in [1.165, 1.54) is 11.8 Å². The molecule has 0 aliphatic heterocycles. The zero-order valence-corrected chi connectivity index (χ0v) is 16.8. The molecule has 3 aromatic rings. The molecule has 1 heterocycles. The summed E-state index contributed by atoms with van der Waals surface area (Å²) in [4.78, 5) is 11.5. The Balaban J connectivity index is 1.62. The molecule has 0 radical (unpaired) electrons. The number of methoxy groups -OCH3 is 1. The van der Waals surface area contributed by atoms with Gasteiger partial charge in [0.05, 0.1) is 31.8 Å². The summed E-state index contributed by atoms with van der Waals surface area (Å²) in [5.74, 6) is 1.29. The van der Waals surface area contributed by atoms with Crippen LogP contribution in [0.3, 0.4) is 0 Å². The van der Waals surface area contributed by atoms with Crippen molar-refractivity contribution in [2.45, 2.75) is 6.42 Å². The first-order valence-electron chi connectivity index (χ1n) is 8.54. The summed E-state index contributed by atoms with van der Waals surface area (Å²) in [5, 5.41) is 10.2. The van der Waals surface area contributed by atoms with Crippen molar-refractivity contribution in [2.24, 2.45) is 5.10 Å². The lowest BCUT2D eigenvalue weighted by Crippen LogP contribution is -2.10. The van der Waals surface area contributed by atoms with E-state index in [9.17, 15) is 4.79 Å². The van der Waals surface area contributed by atoms with Gasteiger partial charge in [0.15, 0.2) is 11.5 Å². The molecule has 0 aliphatic rings. The first-order valence-corrected chi connectivity index (χ1v) is 9.33. The van der Waals surface area contributed by atoms with Crippen molar-refractivity contribution in [3.8, 4) is 11.5 Å². The Hall–Kier alpha value is -3.13. The molecule has 0 atom stereocenters. The minimum Gasteiger partial charge on any atom is -0.493 e. The van der Waals surface area contributed by atoms with Crippen molar-refractivity contribution < 1.29 is 9.47 Å². The van der Waals surface area contributed by atoms with E-state index < -0.39 is 0 Å². The number of hydrogen-bond acceptors (Lipinski definition) is 6. The summed E-state index contributed by atoms with van der Waals surface area (Å²) >= 11 is 3.18. The van der Waals surface area contributed by atoms with Crippen molar-refractivity contribution >= 4 is 27.8 Å². The highest BCUT2D eigenvalue weighted by molar-refractivity contribution is 9.10. The van der Waals surface area contributed by atoms with Gasteiger partial charge in [0.2, 0.25) is 0 Å². The minimum absolute atomic E-state index is 0.333. The largest absolute Gasteiger partial charge is 0.493 e. The number of aromatic amines is 1. The Labute approximate surface area is 170 Å². The molecular weight excluding hydrogens is 424 g/mol. The van der Waals surface area contributed by atoms with Crippen LogP contribution in [0.4, 0.5) is 5.69 Å². The normalized spacial score (nSPS) is 10.8.